The van der Waals surface area contributed by atoms with Crippen LogP contribution in [0.5, 0.6) is 0 Å². The molecule has 1 atom stereocenters. The Balaban J connectivity index is 1.91. The van der Waals surface area contributed by atoms with E-state index in [2.05, 4.69) is 10.6 Å². The number of nitrogens with one attached hydrogen (secondary N) is 2. The standard InChI is InChI=1S/C17H21N3O3/c1-12-6-4-7-13(10-12)19-17(22)16(21)18-11-14(20(2)3)15-8-5-9-23-15/h4-10,14H,11H2,1-3H3,(H,18,21)(H,19,22). The molecule has 0 aliphatic carbocycles. The maximum absolute atomic E-state index is 12.0. The van der Waals surface area contributed by atoms with Crippen molar-refractivity contribution in [3.8, 4) is 0 Å². The van der Waals surface area contributed by atoms with Gasteiger partial charge in [0.15, 0.2) is 0 Å². The molecule has 1 heterocycles. The molecule has 0 saturated carbocycles. The third-order valence-electron chi connectivity index (χ3n) is 3.43. The number of furan rings is 1. The first-order chi connectivity index (χ1) is 11.0. The molecule has 0 saturated heterocycles. The van der Waals surface area contributed by atoms with Crippen molar-refractivity contribution in [1.82, 2.24) is 10.2 Å². The van der Waals surface area contributed by atoms with Crippen LogP contribution in [0.25, 0.3) is 0 Å². The van der Waals surface area contributed by atoms with Crippen molar-refractivity contribution in [3.63, 3.8) is 0 Å². The molecule has 1 aromatic carbocycles. The summed E-state index contributed by atoms with van der Waals surface area (Å²) >= 11 is 0. The average molecular weight is 315 g/mol. The Morgan fingerprint density at radius 2 is 1.96 bits per heavy atom. The van der Waals surface area contributed by atoms with Gasteiger partial charge in [0.25, 0.3) is 0 Å². The Morgan fingerprint density at radius 3 is 2.57 bits per heavy atom. The van der Waals surface area contributed by atoms with Crippen molar-refractivity contribution in [1.29, 1.82) is 0 Å². The molecule has 122 valence electrons. The molecule has 1 aromatic heterocycles. The van der Waals surface area contributed by atoms with Gasteiger partial charge in [-0.2, -0.15) is 0 Å². The first-order valence-corrected chi connectivity index (χ1v) is 7.33. The summed E-state index contributed by atoms with van der Waals surface area (Å²) in [4.78, 5) is 25.8. The second-order valence-electron chi connectivity index (χ2n) is 5.53. The highest BCUT2D eigenvalue weighted by Crippen LogP contribution is 2.17. The van der Waals surface area contributed by atoms with Gasteiger partial charge in [-0.05, 0) is 50.8 Å². The van der Waals surface area contributed by atoms with E-state index in [9.17, 15) is 9.59 Å². The molecular weight excluding hydrogens is 294 g/mol. The van der Waals surface area contributed by atoms with Crippen LogP contribution in [0.2, 0.25) is 0 Å². The molecule has 2 rings (SSSR count). The van der Waals surface area contributed by atoms with Crippen LogP contribution in [0.3, 0.4) is 0 Å². The Hall–Kier alpha value is -2.60. The van der Waals surface area contributed by atoms with Gasteiger partial charge in [-0.25, -0.2) is 0 Å². The summed E-state index contributed by atoms with van der Waals surface area (Å²) < 4.78 is 5.37. The summed E-state index contributed by atoms with van der Waals surface area (Å²) in [5.74, 6) is -0.633. The van der Waals surface area contributed by atoms with Gasteiger partial charge in [0.1, 0.15) is 5.76 Å². The molecule has 0 aliphatic heterocycles. The molecule has 6 heteroatoms. The molecule has 0 spiro atoms. The first-order valence-electron chi connectivity index (χ1n) is 7.33. The van der Waals surface area contributed by atoms with Crippen molar-refractivity contribution in [2.45, 2.75) is 13.0 Å². The van der Waals surface area contributed by atoms with Crippen molar-refractivity contribution >= 4 is 17.5 Å². The van der Waals surface area contributed by atoms with E-state index in [-0.39, 0.29) is 12.6 Å². The van der Waals surface area contributed by atoms with Gasteiger partial charge < -0.3 is 15.1 Å². The van der Waals surface area contributed by atoms with Gasteiger partial charge in [-0.1, -0.05) is 12.1 Å². The van der Waals surface area contributed by atoms with Crippen LogP contribution in [-0.2, 0) is 9.59 Å². The van der Waals surface area contributed by atoms with Gasteiger partial charge in [0.2, 0.25) is 0 Å². The second kappa shape index (κ2) is 7.60. The number of carbonyl (C=O) groups excluding carboxylic acids is 2. The Kier molecular flexibility index (Phi) is 5.54. The maximum atomic E-state index is 12.0. The quantitative estimate of drug-likeness (QED) is 0.827. The lowest BCUT2D eigenvalue weighted by Crippen LogP contribution is -2.40. The predicted molar refractivity (Wildman–Crippen MR) is 88.0 cm³/mol. The van der Waals surface area contributed by atoms with Crippen LogP contribution >= 0.6 is 0 Å². The van der Waals surface area contributed by atoms with E-state index in [4.69, 9.17) is 4.42 Å². The largest absolute Gasteiger partial charge is 0.468 e. The Labute approximate surface area is 135 Å². The van der Waals surface area contributed by atoms with Crippen molar-refractivity contribution < 1.29 is 14.0 Å². The molecule has 1 unspecified atom stereocenters. The summed E-state index contributed by atoms with van der Waals surface area (Å²) in [6.07, 6.45) is 1.58. The fourth-order valence-corrected chi connectivity index (χ4v) is 2.20. The summed E-state index contributed by atoms with van der Waals surface area (Å²) in [6.45, 7) is 2.20. The minimum atomic E-state index is -0.687. The van der Waals surface area contributed by atoms with E-state index in [0.717, 1.165) is 11.3 Å². The van der Waals surface area contributed by atoms with Gasteiger partial charge in [0, 0.05) is 12.2 Å². The molecule has 2 amide bonds. The average Bonchev–Trinajstić information content (AvgIpc) is 3.01. The number of rotatable bonds is 5. The number of carbonyl (C=O) groups is 2. The van der Waals surface area contributed by atoms with Crippen LogP contribution in [0.15, 0.2) is 47.1 Å². The third-order valence-corrected chi connectivity index (χ3v) is 3.43. The Morgan fingerprint density at radius 1 is 1.17 bits per heavy atom. The lowest BCUT2D eigenvalue weighted by atomic mass is 10.2. The van der Waals surface area contributed by atoms with Crippen LogP contribution in [0.4, 0.5) is 5.69 Å². The number of amides is 2. The molecule has 0 aliphatic rings. The summed E-state index contributed by atoms with van der Waals surface area (Å²) in [5, 5.41) is 5.22. The Bertz CT molecular complexity index is 665. The van der Waals surface area contributed by atoms with Crippen molar-refractivity contribution in [2.75, 3.05) is 26.0 Å². The highest BCUT2D eigenvalue weighted by atomic mass is 16.3. The summed E-state index contributed by atoms with van der Waals surface area (Å²) in [5.41, 5.74) is 1.61. The lowest BCUT2D eigenvalue weighted by molar-refractivity contribution is -0.136. The fourth-order valence-electron chi connectivity index (χ4n) is 2.20. The van der Waals surface area contributed by atoms with E-state index < -0.39 is 11.8 Å². The normalized spacial score (nSPS) is 12.0. The number of hydrogen-bond donors (Lipinski definition) is 2. The molecule has 6 nitrogen and oxygen atoms in total. The highest BCUT2D eigenvalue weighted by Gasteiger charge is 2.20. The smallest absolute Gasteiger partial charge is 0.313 e. The topological polar surface area (TPSA) is 74.6 Å². The molecule has 0 fully saturated rings. The number of anilines is 1. The van der Waals surface area contributed by atoms with E-state index in [0.29, 0.717) is 5.69 Å². The second-order valence-corrected chi connectivity index (χ2v) is 5.53. The number of likely N-dealkylation sites (N-methyl/N-ethyl adjacent to an activating group) is 1. The molecule has 2 aromatic rings. The molecular formula is C17H21N3O3. The van der Waals surface area contributed by atoms with Gasteiger partial charge >= 0.3 is 11.8 Å². The maximum Gasteiger partial charge on any atom is 0.313 e. The number of nitrogens with zero attached hydrogens (tertiary/aromatic N) is 1. The number of hydrogen-bond acceptors (Lipinski definition) is 4. The van der Waals surface area contributed by atoms with Crippen LogP contribution in [0.1, 0.15) is 17.4 Å². The van der Waals surface area contributed by atoms with Crippen LogP contribution in [-0.4, -0.2) is 37.4 Å². The van der Waals surface area contributed by atoms with E-state index in [1.54, 1.807) is 24.5 Å². The van der Waals surface area contributed by atoms with Crippen LogP contribution < -0.4 is 10.6 Å². The monoisotopic (exact) mass is 315 g/mol. The molecule has 2 N–H and O–H groups in total. The zero-order valence-electron chi connectivity index (χ0n) is 13.5. The summed E-state index contributed by atoms with van der Waals surface area (Å²) in [6, 6.07) is 10.8. The zero-order valence-corrected chi connectivity index (χ0v) is 13.5. The van der Waals surface area contributed by atoms with E-state index >= 15 is 0 Å². The predicted octanol–water partition coefficient (Wildman–Crippen LogP) is 1.95. The van der Waals surface area contributed by atoms with Gasteiger partial charge in [0.05, 0.1) is 12.3 Å². The fraction of sp³-hybridized carbons (Fsp3) is 0.294. The van der Waals surface area contributed by atoms with Crippen molar-refractivity contribution in [2.24, 2.45) is 0 Å². The van der Waals surface area contributed by atoms with Crippen LogP contribution in [0, 0.1) is 6.92 Å². The van der Waals surface area contributed by atoms with Crippen molar-refractivity contribution in [3.05, 3.63) is 54.0 Å². The lowest BCUT2D eigenvalue weighted by Gasteiger charge is -2.22. The van der Waals surface area contributed by atoms with Gasteiger partial charge in [-0.3, -0.25) is 14.5 Å². The SMILES string of the molecule is Cc1cccc(NC(=O)C(=O)NCC(c2ccco2)N(C)C)c1. The minimum Gasteiger partial charge on any atom is -0.468 e. The minimum absolute atomic E-state index is 0.138. The third kappa shape index (κ3) is 4.69. The van der Waals surface area contributed by atoms with E-state index in [1.165, 1.54) is 0 Å². The first kappa shape index (κ1) is 16.8. The van der Waals surface area contributed by atoms with E-state index in [1.807, 2.05) is 44.1 Å². The number of benzene rings is 1. The molecule has 0 radical (unpaired) electrons. The number of aryl methyl sites for hydroxylation is 1. The zero-order chi connectivity index (χ0) is 16.8. The highest BCUT2D eigenvalue weighted by molar-refractivity contribution is 6.39. The van der Waals surface area contributed by atoms with Gasteiger partial charge in [-0.15, -0.1) is 0 Å². The molecule has 0 bridgehead atoms. The summed E-state index contributed by atoms with van der Waals surface area (Å²) in [7, 11) is 3.76. The molecule has 23 heavy (non-hydrogen) atoms.